The minimum Gasteiger partial charge on any atom is -0.236 e. The summed E-state index contributed by atoms with van der Waals surface area (Å²) in [5.41, 5.74) is 1.80. The van der Waals surface area contributed by atoms with Gasteiger partial charge in [0.15, 0.2) is 0 Å². The van der Waals surface area contributed by atoms with E-state index >= 15 is 0 Å². The molecule has 0 aliphatic heterocycles. The van der Waals surface area contributed by atoms with E-state index in [1.54, 1.807) is 6.33 Å². The average molecular weight is 317 g/mol. The third-order valence-electron chi connectivity index (χ3n) is 1.78. The summed E-state index contributed by atoms with van der Waals surface area (Å²) < 4.78 is 0.910. The predicted molar refractivity (Wildman–Crippen MR) is 65.2 cm³/mol. The second kappa shape index (κ2) is 4.23. The Bertz CT molecular complexity index is 459. The van der Waals surface area contributed by atoms with Crippen molar-refractivity contribution < 1.29 is 0 Å². The van der Waals surface area contributed by atoms with Crippen LogP contribution in [0.3, 0.4) is 0 Å². The molecule has 0 aliphatic rings. The van der Waals surface area contributed by atoms with Crippen LogP contribution in [-0.4, -0.2) is 9.97 Å². The Kier molecular flexibility index (Phi) is 2.98. The van der Waals surface area contributed by atoms with Crippen LogP contribution in [0.4, 0.5) is 0 Å². The molecule has 0 saturated heterocycles. The molecule has 2 rings (SSSR count). The van der Waals surface area contributed by atoms with Crippen molar-refractivity contribution in [3.8, 4) is 11.3 Å². The van der Waals surface area contributed by atoms with Gasteiger partial charge in [0.1, 0.15) is 10.0 Å². The van der Waals surface area contributed by atoms with E-state index in [1.807, 2.05) is 30.3 Å². The van der Waals surface area contributed by atoms with E-state index in [9.17, 15) is 0 Å². The van der Waals surface area contributed by atoms with Gasteiger partial charge in [-0.1, -0.05) is 29.8 Å². The van der Waals surface area contributed by atoms with Gasteiger partial charge in [-0.3, -0.25) is 0 Å². The maximum atomic E-state index is 6.05. The van der Waals surface area contributed by atoms with Crippen LogP contribution in [0, 0.1) is 3.70 Å². The topological polar surface area (TPSA) is 25.8 Å². The SMILES string of the molecule is Clc1ccccc1-c1cc(I)ncn1. The fraction of sp³-hybridized carbons (Fsp3) is 0. The van der Waals surface area contributed by atoms with Crippen molar-refractivity contribution in [2.45, 2.75) is 0 Å². The van der Waals surface area contributed by atoms with Crippen molar-refractivity contribution in [3.63, 3.8) is 0 Å². The highest BCUT2D eigenvalue weighted by Crippen LogP contribution is 2.25. The third kappa shape index (κ3) is 2.04. The van der Waals surface area contributed by atoms with Crippen molar-refractivity contribution in [2.24, 2.45) is 0 Å². The van der Waals surface area contributed by atoms with Gasteiger partial charge >= 0.3 is 0 Å². The van der Waals surface area contributed by atoms with Gasteiger partial charge < -0.3 is 0 Å². The van der Waals surface area contributed by atoms with Gasteiger partial charge in [-0.15, -0.1) is 0 Å². The third-order valence-corrected chi connectivity index (χ3v) is 2.70. The van der Waals surface area contributed by atoms with E-state index in [2.05, 4.69) is 32.6 Å². The summed E-state index contributed by atoms with van der Waals surface area (Å²) in [5, 5.41) is 0.710. The molecular formula is C10H6ClIN2. The zero-order valence-electron chi connectivity index (χ0n) is 7.11. The summed E-state index contributed by atoms with van der Waals surface area (Å²) in [4.78, 5) is 8.20. The molecule has 0 fully saturated rings. The maximum absolute atomic E-state index is 6.05. The average Bonchev–Trinajstić information content (AvgIpc) is 2.18. The molecule has 0 bridgehead atoms. The molecule has 0 aliphatic carbocycles. The number of aromatic nitrogens is 2. The van der Waals surface area contributed by atoms with Gasteiger partial charge in [0.2, 0.25) is 0 Å². The zero-order valence-corrected chi connectivity index (χ0v) is 10.0. The van der Waals surface area contributed by atoms with E-state index in [4.69, 9.17) is 11.6 Å². The first kappa shape index (κ1) is 9.86. The fourth-order valence-electron chi connectivity index (χ4n) is 1.15. The molecule has 0 radical (unpaired) electrons. The molecule has 0 amide bonds. The lowest BCUT2D eigenvalue weighted by atomic mass is 10.1. The van der Waals surface area contributed by atoms with Crippen LogP contribution in [0.2, 0.25) is 5.02 Å². The van der Waals surface area contributed by atoms with E-state index in [1.165, 1.54) is 0 Å². The first-order chi connectivity index (χ1) is 6.77. The van der Waals surface area contributed by atoms with Gasteiger partial charge in [-0.2, -0.15) is 0 Å². The van der Waals surface area contributed by atoms with Crippen LogP contribution in [0.5, 0.6) is 0 Å². The Hall–Kier alpha value is -0.680. The van der Waals surface area contributed by atoms with Crippen LogP contribution < -0.4 is 0 Å². The summed E-state index contributed by atoms with van der Waals surface area (Å²) in [5.74, 6) is 0. The number of halogens is 2. The molecule has 0 atom stereocenters. The summed E-state index contributed by atoms with van der Waals surface area (Å²) in [6.45, 7) is 0. The molecule has 0 unspecified atom stereocenters. The van der Waals surface area contributed by atoms with Crippen LogP contribution in [0.1, 0.15) is 0 Å². The molecule has 0 saturated carbocycles. The van der Waals surface area contributed by atoms with E-state index in [-0.39, 0.29) is 0 Å². The molecule has 0 spiro atoms. The van der Waals surface area contributed by atoms with Gasteiger partial charge in [0, 0.05) is 10.6 Å². The minimum absolute atomic E-state index is 0.710. The van der Waals surface area contributed by atoms with Crippen molar-refractivity contribution in [1.82, 2.24) is 9.97 Å². The standard InChI is InChI=1S/C10H6ClIN2/c11-8-4-2-1-3-7(8)9-5-10(12)14-6-13-9/h1-6H. The monoisotopic (exact) mass is 316 g/mol. The molecule has 0 N–H and O–H groups in total. The molecule has 14 heavy (non-hydrogen) atoms. The number of nitrogens with zero attached hydrogens (tertiary/aromatic N) is 2. The second-order valence-electron chi connectivity index (χ2n) is 2.71. The van der Waals surface area contributed by atoms with Crippen LogP contribution in [0.25, 0.3) is 11.3 Å². The van der Waals surface area contributed by atoms with Crippen molar-refractivity contribution in [2.75, 3.05) is 0 Å². The Morgan fingerprint density at radius 1 is 1.14 bits per heavy atom. The van der Waals surface area contributed by atoms with Crippen molar-refractivity contribution in [1.29, 1.82) is 0 Å². The Morgan fingerprint density at radius 2 is 1.93 bits per heavy atom. The smallest absolute Gasteiger partial charge is 0.117 e. The summed E-state index contributed by atoms with van der Waals surface area (Å²) in [6, 6.07) is 9.54. The molecule has 70 valence electrons. The van der Waals surface area contributed by atoms with Gasteiger partial charge in [0.05, 0.1) is 5.69 Å². The largest absolute Gasteiger partial charge is 0.236 e. The summed E-state index contributed by atoms with van der Waals surface area (Å²) >= 11 is 8.20. The highest BCUT2D eigenvalue weighted by Gasteiger charge is 2.03. The number of hydrogen-bond acceptors (Lipinski definition) is 2. The Balaban J connectivity index is 2.55. The molecular weight excluding hydrogens is 310 g/mol. The fourth-order valence-corrected chi connectivity index (χ4v) is 1.80. The molecule has 2 nitrogen and oxygen atoms in total. The maximum Gasteiger partial charge on any atom is 0.117 e. The van der Waals surface area contributed by atoms with Gasteiger partial charge in [0.25, 0.3) is 0 Å². The minimum atomic E-state index is 0.710. The van der Waals surface area contributed by atoms with E-state index in [0.717, 1.165) is 15.0 Å². The van der Waals surface area contributed by atoms with Crippen LogP contribution in [-0.2, 0) is 0 Å². The van der Waals surface area contributed by atoms with E-state index in [0.29, 0.717) is 5.02 Å². The van der Waals surface area contributed by atoms with Gasteiger partial charge in [-0.25, -0.2) is 9.97 Å². The first-order valence-corrected chi connectivity index (χ1v) is 5.45. The Labute approximate surface area is 100 Å². The highest BCUT2D eigenvalue weighted by molar-refractivity contribution is 14.1. The van der Waals surface area contributed by atoms with Crippen molar-refractivity contribution in [3.05, 3.63) is 45.4 Å². The summed E-state index contributed by atoms with van der Waals surface area (Å²) in [7, 11) is 0. The molecule has 4 heteroatoms. The Morgan fingerprint density at radius 3 is 2.64 bits per heavy atom. The zero-order chi connectivity index (χ0) is 9.97. The van der Waals surface area contributed by atoms with Crippen LogP contribution >= 0.6 is 34.2 Å². The number of rotatable bonds is 1. The quantitative estimate of drug-likeness (QED) is 0.595. The summed E-state index contributed by atoms with van der Waals surface area (Å²) in [6.07, 6.45) is 1.54. The second-order valence-corrected chi connectivity index (χ2v) is 4.22. The van der Waals surface area contributed by atoms with E-state index < -0.39 is 0 Å². The molecule has 2 aromatic rings. The lowest BCUT2D eigenvalue weighted by molar-refractivity contribution is 1.14. The lowest BCUT2D eigenvalue weighted by Crippen LogP contribution is -1.88. The predicted octanol–water partition coefficient (Wildman–Crippen LogP) is 3.40. The van der Waals surface area contributed by atoms with Gasteiger partial charge in [-0.05, 0) is 34.7 Å². The molecule has 1 aromatic heterocycles. The normalized spacial score (nSPS) is 10.1. The number of benzene rings is 1. The van der Waals surface area contributed by atoms with Crippen LogP contribution in [0.15, 0.2) is 36.7 Å². The highest BCUT2D eigenvalue weighted by atomic mass is 127. The number of hydrogen-bond donors (Lipinski definition) is 0. The molecule has 1 aromatic carbocycles. The van der Waals surface area contributed by atoms with Crippen molar-refractivity contribution >= 4 is 34.2 Å². The molecule has 1 heterocycles. The lowest BCUT2D eigenvalue weighted by Gasteiger charge is -2.02. The first-order valence-electron chi connectivity index (χ1n) is 4.00.